The van der Waals surface area contributed by atoms with Crippen LogP contribution < -0.4 is 10.2 Å². The predicted octanol–water partition coefficient (Wildman–Crippen LogP) is 4.09. The van der Waals surface area contributed by atoms with Gasteiger partial charge in [0.1, 0.15) is 5.82 Å². The molecule has 0 radical (unpaired) electrons. The quantitative estimate of drug-likeness (QED) is 0.377. The van der Waals surface area contributed by atoms with Gasteiger partial charge in [0.05, 0.1) is 39.6 Å². The fourth-order valence-electron chi connectivity index (χ4n) is 5.57. The molecule has 2 aliphatic heterocycles. The summed E-state index contributed by atoms with van der Waals surface area (Å²) in [7, 11) is -3.43. The van der Waals surface area contributed by atoms with Gasteiger partial charge in [-0.05, 0) is 74.2 Å². The van der Waals surface area contributed by atoms with Gasteiger partial charge in [0.2, 0.25) is 0 Å². The van der Waals surface area contributed by atoms with Crippen molar-refractivity contribution in [2.45, 2.75) is 43.2 Å². The van der Waals surface area contributed by atoms with Crippen LogP contribution in [0.5, 0.6) is 0 Å². The van der Waals surface area contributed by atoms with E-state index in [1.165, 1.54) is 6.07 Å². The van der Waals surface area contributed by atoms with E-state index in [1.807, 2.05) is 36.4 Å². The highest BCUT2D eigenvalue weighted by atomic mass is 32.2. The third kappa shape index (κ3) is 5.29. The maximum atomic E-state index is 12.8. The Bertz CT molecular complexity index is 1720. The number of sulfone groups is 1. The van der Waals surface area contributed by atoms with E-state index in [2.05, 4.69) is 15.2 Å². The molecule has 2 aliphatic rings. The minimum absolute atomic E-state index is 0.0207. The van der Waals surface area contributed by atoms with Gasteiger partial charge in [0.25, 0.3) is 5.91 Å². The summed E-state index contributed by atoms with van der Waals surface area (Å²) in [6.07, 6.45) is 6.13. The van der Waals surface area contributed by atoms with Gasteiger partial charge in [-0.2, -0.15) is 0 Å². The van der Waals surface area contributed by atoms with E-state index in [0.717, 1.165) is 73.3 Å². The summed E-state index contributed by atoms with van der Waals surface area (Å²) in [6.45, 7) is 4.53. The van der Waals surface area contributed by atoms with Crippen LogP contribution in [0.4, 0.5) is 5.82 Å². The van der Waals surface area contributed by atoms with Crippen molar-refractivity contribution in [3.8, 4) is 11.4 Å². The first-order valence-electron chi connectivity index (χ1n) is 13.4. The second kappa shape index (κ2) is 10.3. The number of pyridine rings is 3. The molecule has 1 N–H and O–H groups in total. The van der Waals surface area contributed by atoms with Crippen LogP contribution in [0.3, 0.4) is 0 Å². The van der Waals surface area contributed by atoms with Gasteiger partial charge in [-0.3, -0.25) is 9.78 Å². The molecule has 5 heterocycles. The number of nitrogens with zero attached hydrogens (tertiary/aromatic N) is 4. The molecule has 206 valence electrons. The number of anilines is 1. The molecule has 6 rings (SSSR count). The largest absolute Gasteiger partial charge is 0.373 e. The Labute approximate surface area is 233 Å². The highest BCUT2D eigenvalue weighted by molar-refractivity contribution is 7.90. The number of benzene rings is 1. The fraction of sp³-hybridized carbons (Fsp3) is 0.333. The van der Waals surface area contributed by atoms with Crippen molar-refractivity contribution in [2.75, 3.05) is 30.9 Å². The first-order chi connectivity index (χ1) is 19.2. The number of nitrogens with one attached hydrogen (secondary N) is 1. The molecule has 1 amide bonds. The lowest BCUT2D eigenvalue weighted by atomic mass is 10.00. The Morgan fingerprint density at radius 2 is 1.93 bits per heavy atom. The Kier molecular flexibility index (Phi) is 6.75. The Hall–Kier alpha value is -3.89. The molecule has 1 unspecified atom stereocenters. The number of carbonyl (C=O) groups is 1. The summed E-state index contributed by atoms with van der Waals surface area (Å²) in [6, 6.07) is 16.4. The minimum atomic E-state index is -3.43. The molecule has 1 spiro atoms. The van der Waals surface area contributed by atoms with E-state index in [4.69, 9.17) is 14.7 Å². The molecule has 0 aliphatic carbocycles. The topological polar surface area (TPSA) is 114 Å². The second-order valence-electron chi connectivity index (χ2n) is 10.7. The number of hydrogen-bond donors (Lipinski definition) is 1. The lowest BCUT2D eigenvalue weighted by Gasteiger charge is -2.23. The number of ether oxygens (including phenoxy) is 1. The molecule has 40 heavy (non-hydrogen) atoms. The number of amides is 1. The smallest absolute Gasteiger partial charge is 0.251 e. The van der Waals surface area contributed by atoms with Gasteiger partial charge in [-0.15, -0.1) is 0 Å². The van der Waals surface area contributed by atoms with Crippen LogP contribution in [0.25, 0.3) is 22.3 Å². The molecule has 0 saturated carbocycles. The van der Waals surface area contributed by atoms with Crippen LogP contribution in [0.2, 0.25) is 0 Å². The second-order valence-corrected chi connectivity index (χ2v) is 12.7. The van der Waals surface area contributed by atoms with Gasteiger partial charge in [0, 0.05) is 43.1 Å². The SMILES string of the molecule is Cc1ccc(C(=O)NCc2cc3nc(-c4cccc(N5CCC6(CCCO6)C5)n4)ccc3cn2)cc1S(C)(=O)=O. The highest BCUT2D eigenvalue weighted by Crippen LogP contribution is 2.36. The lowest BCUT2D eigenvalue weighted by molar-refractivity contribution is 0.0231. The van der Waals surface area contributed by atoms with Crippen molar-refractivity contribution in [1.82, 2.24) is 20.3 Å². The maximum absolute atomic E-state index is 12.8. The maximum Gasteiger partial charge on any atom is 0.251 e. The molecule has 0 bridgehead atoms. The van der Waals surface area contributed by atoms with Gasteiger partial charge in [-0.1, -0.05) is 12.1 Å². The van der Waals surface area contributed by atoms with E-state index in [-0.39, 0.29) is 28.5 Å². The number of hydrogen-bond acceptors (Lipinski definition) is 8. The molecule has 3 aromatic heterocycles. The average molecular weight is 558 g/mol. The summed E-state index contributed by atoms with van der Waals surface area (Å²) in [5.41, 5.74) is 3.80. The number of fused-ring (bicyclic) bond motifs is 1. The van der Waals surface area contributed by atoms with E-state index in [9.17, 15) is 13.2 Å². The molecular formula is C30H31N5O4S. The van der Waals surface area contributed by atoms with Gasteiger partial charge in [0.15, 0.2) is 9.84 Å². The van der Waals surface area contributed by atoms with Gasteiger partial charge < -0.3 is 15.0 Å². The third-order valence-corrected chi connectivity index (χ3v) is 8.97. The zero-order valence-corrected chi connectivity index (χ0v) is 23.4. The third-order valence-electron chi connectivity index (χ3n) is 7.73. The van der Waals surface area contributed by atoms with Crippen molar-refractivity contribution < 1.29 is 17.9 Å². The van der Waals surface area contributed by atoms with Crippen molar-refractivity contribution in [3.05, 3.63) is 77.6 Å². The zero-order valence-electron chi connectivity index (χ0n) is 22.6. The minimum Gasteiger partial charge on any atom is -0.373 e. The predicted molar refractivity (Wildman–Crippen MR) is 153 cm³/mol. The summed E-state index contributed by atoms with van der Waals surface area (Å²) < 4.78 is 30.2. The van der Waals surface area contributed by atoms with E-state index in [0.29, 0.717) is 11.3 Å². The van der Waals surface area contributed by atoms with Crippen molar-refractivity contribution in [2.24, 2.45) is 0 Å². The van der Waals surface area contributed by atoms with Crippen LogP contribution in [-0.4, -0.2) is 60.8 Å². The van der Waals surface area contributed by atoms with Crippen molar-refractivity contribution >= 4 is 32.5 Å². The van der Waals surface area contributed by atoms with Gasteiger partial charge >= 0.3 is 0 Å². The normalized spacial score (nSPS) is 19.0. The van der Waals surface area contributed by atoms with Crippen LogP contribution in [0.1, 0.15) is 40.9 Å². The van der Waals surface area contributed by atoms with Crippen molar-refractivity contribution in [1.29, 1.82) is 0 Å². The molecule has 10 heteroatoms. The van der Waals surface area contributed by atoms with E-state index >= 15 is 0 Å². The first kappa shape index (κ1) is 26.3. The summed E-state index contributed by atoms with van der Waals surface area (Å²) in [5.74, 6) is 0.557. The van der Waals surface area contributed by atoms with E-state index < -0.39 is 9.84 Å². The van der Waals surface area contributed by atoms with Crippen LogP contribution in [0.15, 0.2) is 65.7 Å². The summed E-state index contributed by atoms with van der Waals surface area (Å²) in [5, 5.41) is 3.71. The lowest BCUT2D eigenvalue weighted by Crippen LogP contribution is -2.32. The summed E-state index contributed by atoms with van der Waals surface area (Å²) in [4.78, 5) is 29.5. The van der Waals surface area contributed by atoms with Gasteiger partial charge in [-0.25, -0.2) is 18.4 Å². The van der Waals surface area contributed by atoms with Crippen LogP contribution in [0, 0.1) is 6.92 Å². The first-order valence-corrected chi connectivity index (χ1v) is 15.3. The number of aromatic nitrogens is 3. The number of rotatable bonds is 6. The Morgan fingerprint density at radius 3 is 2.73 bits per heavy atom. The molecule has 4 aromatic rings. The van der Waals surface area contributed by atoms with Crippen LogP contribution in [-0.2, 0) is 21.1 Å². The highest BCUT2D eigenvalue weighted by Gasteiger charge is 2.42. The molecule has 2 fully saturated rings. The van der Waals surface area contributed by atoms with Crippen LogP contribution >= 0.6 is 0 Å². The molecule has 9 nitrogen and oxygen atoms in total. The number of aryl methyl sites for hydroxylation is 1. The van der Waals surface area contributed by atoms with E-state index in [1.54, 1.807) is 25.3 Å². The molecular weight excluding hydrogens is 526 g/mol. The molecule has 1 aromatic carbocycles. The van der Waals surface area contributed by atoms with Crippen molar-refractivity contribution in [3.63, 3.8) is 0 Å². The zero-order chi connectivity index (χ0) is 27.9. The fourth-order valence-corrected chi connectivity index (χ4v) is 6.56. The molecule has 2 saturated heterocycles. The molecule has 1 atom stereocenters. The monoisotopic (exact) mass is 557 g/mol. The Balaban J connectivity index is 1.19. The standard InChI is InChI=1S/C30H31N5O4S/c1-20-7-8-21(15-27(20)40(2,37)38)29(36)32-18-23-16-26-22(17-31-23)9-10-25(33-26)24-5-3-6-28(34-24)35-13-12-30(19-35)11-4-14-39-30/h3,5-10,15-17H,4,11-14,18-19H2,1-2H3,(H,32,36). The Morgan fingerprint density at radius 1 is 1.07 bits per heavy atom. The number of carbonyl (C=O) groups excluding carboxylic acids is 1. The summed E-state index contributed by atoms with van der Waals surface area (Å²) >= 11 is 0. The average Bonchev–Trinajstić information content (AvgIpc) is 3.60.